The standard InChI is InChI=1S/C20H17F3N2O2S/c1-13(18(26)24-12-20(21,22)23)28-19-25-16(14-8-4-2-5-9-14)17(27-19)15-10-6-3-7-11-15/h2-11,13H,12H2,1H3,(H,24,26). The van der Waals surface area contributed by atoms with Crippen molar-refractivity contribution < 1.29 is 22.4 Å². The topological polar surface area (TPSA) is 55.1 Å². The first-order valence-electron chi connectivity index (χ1n) is 8.46. The molecule has 28 heavy (non-hydrogen) atoms. The second-order valence-electron chi connectivity index (χ2n) is 5.98. The van der Waals surface area contributed by atoms with Crippen molar-refractivity contribution in [2.75, 3.05) is 6.54 Å². The second kappa shape index (κ2) is 8.52. The van der Waals surface area contributed by atoms with Gasteiger partial charge in [0.1, 0.15) is 12.2 Å². The van der Waals surface area contributed by atoms with Gasteiger partial charge in [0.2, 0.25) is 5.91 Å². The highest BCUT2D eigenvalue weighted by Gasteiger charge is 2.29. The maximum Gasteiger partial charge on any atom is 0.405 e. The van der Waals surface area contributed by atoms with Crippen LogP contribution in [0.4, 0.5) is 13.2 Å². The number of hydrogen-bond acceptors (Lipinski definition) is 4. The maximum absolute atomic E-state index is 12.3. The first-order chi connectivity index (χ1) is 13.3. The molecule has 0 aliphatic rings. The first-order valence-corrected chi connectivity index (χ1v) is 9.34. The molecule has 1 atom stereocenters. The Morgan fingerprint density at radius 1 is 1.07 bits per heavy atom. The predicted molar refractivity (Wildman–Crippen MR) is 102 cm³/mol. The Kier molecular flexibility index (Phi) is 6.08. The number of amides is 1. The Hall–Kier alpha value is -2.74. The first kappa shape index (κ1) is 20.0. The molecule has 1 amide bonds. The Bertz CT molecular complexity index is 871. The summed E-state index contributed by atoms with van der Waals surface area (Å²) in [6, 6.07) is 18.8. The summed E-state index contributed by atoms with van der Waals surface area (Å²) in [5.74, 6) is -0.194. The van der Waals surface area contributed by atoms with Crippen molar-refractivity contribution in [1.29, 1.82) is 0 Å². The van der Waals surface area contributed by atoms with Gasteiger partial charge in [0.25, 0.3) is 5.22 Å². The molecule has 0 aliphatic carbocycles. The molecule has 1 heterocycles. The molecule has 1 aromatic heterocycles. The molecule has 3 rings (SSSR count). The molecule has 1 unspecified atom stereocenters. The highest BCUT2D eigenvalue weighted by molar-refractivity contribution is 8.00. The molecule has 2 aromatic carbocycles. The molecular formula is C20H17F3N2O2S. The van der Waals surface area contributed by atoms with E-state index in [9.17, 15) is 18.0 Å². The lowest BCUT2D eigenvalue weighted by Gasteiger charge is -2.11. The van der Waals surface area contributed by atoms with Crippen LogP contribution >= 0.6 is 11.8 Å². The summed E-state index contributed by atoms with van der Waals surface area (Å²) in [6.07, 6.45) is -4.45. The second-order valence-corrected chi connectivity index (χ2v) is 7.27. The van der Waals surface area contributed by atoms with Gasteiger partial charge < -0.3 is 9.73 Å². The van der Waals surface area contributed by atoms with E-state index >= 15 is 0 Å². The van der Waals surface area contributed by atoms with E-state index in [4.69, 9.17) is 4.42 Å². The van der Waals surface area contributed by atoms with Gasteiger partial charge in [0, 0.05) is 11.1 Å². The van der Waals surface area contributed by atoms with E-state index in [1.807, 2.05) is 66.0 Å². The Morgan fingerprint density at radius 3 is 2.21 bits per heavy atom. The zero-order valence-corrected chi connectivity index (χ0v) is 15.7. The summed E-state index contributed by atoms with van der Waals surface area (Å²) >= 11 is 0.969. The van der Waals surface area contributed by atoms with Crippen LogP contribution in [-0.4, -0.2) is 28.9 Å². The average molecular weight is 406 g/mol. The van der Waals surface area contributed by atoms with Crippen LogP contribution in [0.3, 0.4) is 0 Å². The summed E-state index contributed by atoms with van der Waals surface area (Å²) in [5.41, 5.74) is 2.26. The lowest BCUT2D eigenvalue weighted by Crippen LogP contribution is -2.37. The van der Waals surface area contributed by atoms with E-state index in [2.05, 4.69) is 4.98 Å². The van der Waals surface area contributed by atoms with Crippen molar-refractivity contribution >= 4 is 17.7 Å². The fourth-order valence-corrected chi connectivity index (χ4v) is 3.23. The minimum atomic E-state index is -4.45. The predicted octanol–water partition coefficient (Wildman–Crippen LogP) is 5.17. The van der Waals surface area contributed by atoms with Gasteiger partial charge in [-0.25, -0.2) is 4.98 Å². The summed E-state index contributed by atoms with van der Waals surface area (Å²) in [4.78, 5) is 16.4. The van der Waals surface area contributed by atoms with Crippen molar-refractivity contribution in [3.05, 3.63) is 60.7 Å². The van der Waals surface area contributed by atoms with E-state index in [0.717, 1.165) is 22.9 Å². The molecule has 4 nitrogen and oxygen atoms in total. The normalized spacial score (nSPS) is 12.6. The van der Waals surface area contributed by atoms with Gasteiger partial charge in [-0.3, -0.25) is 4.79 Å². The molecular weight excluding hydrogens is 389 g/mol. The fraction of sp³-hybridized carbons (Fsp3) is 0.200. The van der Waals surface area contributed by atoms with Crippen molar-refractivity contribution in [1.82, 2.24) is 10.3 Å². The van der Waals surface area contributed by atoms with E-state index in [1.54, 1.807) is 0 Å². The Morgan fingerprint density at radius 2 is 1.64 bits per heavy atom. The molecule has 3 aromatic rings. The van der Waals surface area contributed by atoms with Crippen LogP contribution in [-0.2, 0) is 4.79 Å². The molecule has 0 aliphatic heterocycles. The number of alkyl halides is 3. The maximum atomic E-state index is 12.3. The molecule has 0 saturated heterocycles. The molecule has 1 N–H and O–H groups in total. The summed E-state index contributed by atoms with van der Waals surface area (Å²) in [5, 5.41) is 1.29. The van der Waals surface area contributed by atoms with Crippen LogP contribution < -0.4 is 5.32 Å². The van der Waals surface area contributed by atoms with Gasteiger partial charge in [-0.2, -0.15) is 13.2 Å². The van der Waals surface area contributed by atoms with Gasteiger partial charge in [0.15, 0.2) is 5.76 Å². The van der Waals surface area contributed by atoms with Crippen LogP contribution in [0.25, 0.3) is 22.6 Å². The van der Waals surface area contributed by atoms with Gasteiger partial charge in [0.05, 0.1) is 5.25 Å². The van der Waals surface area contributed by atoms with Gasteiger partial charge in [-0.1, -0.05) is 72.4 Å². The molecule has 0 bridgehead atoms. The smallest absolute Gasteiger partial charge is 0.405 e. The number of nitrogens with one attached hydrogen (secondary N) is 1. The third-order valence-corrected chi connectivity index (χ3v) is 4.74. The lowest BCUT2D eigenvalue weighted by molar-refractivity contribution is -0.137. The largest absolute Gasteiger partial charge is 0.431 e. The van der Waals surface area contributed by atoms with Crippen molar-refractivity contribution in [2.45, 2.75) is 23.6 Å². The molecule has 0 saturated carbocycles. The molecule has 0 radical (unpaired) electrons. The number of carbonyl (C=O) groups excluding carboxylic acids is 1. The fourth-order valence-electron chi connectivity index (χ4n) is 2.46. The van der Waals surface area contributed by atoms with Crippen molar-refractivity contribution in [3.8, 4) is 22.6 Å². The number of hydrogen-bond donors (Lipinski definition) is 1. The summed E-state index contributed by atoms with van der Waals surface area (Å²) in [7, 11) is 0. The van der Waals surface area contributed by atoms with Crippen LogP contribution in [0.1, 0.15) is 6.92 Å². The van der Waals surface area contributed by atoms with Crippen molar-refractivity contribution in [3.63, 3.8) is 0 Å². The molecule has 146 valence electrons. The number of halogens is 3. The molecule has 0 fully saturated rings. The van der Waals surface area contributed by atoms with E-state index < -0.39 is 23.9 Å². The van der Waals surface area contributed by atoms with Gasteiger partial charge in [-0.15, -0.1) is 0 Å². The highest BCUT2D eigenvalue weighted by Crippen LogP contribution is 2.36. The zero-order valence-electron chi connectivity index (χ0n) is 14.9. The van der Waals surface area contributed by atoms with Crippen LogP contribution in [0.2, 0.25) is 0 Å². The third-order valence-electron chi connectivity index (χ3n) is 3.80. The summed E-state index contributed by atoms with van der Waals surface area (Å²) in [6.45, 7) is 0.137. The van der Waals surface area contributed by atoms with Gasteiger partial charge >= 0.3 is 6.18 Å². The number of thioether (sulfide) groups is 1. The van der Waals surface area contributed by atoms with Crippen LogP contribution in [0.5, 0.6) is 0 Å². The highest BCUT2D eigenvalue weighted by atomic mass is 32.2. The monoisotopic (exact) mass is 406 g/mol. The number of carbonyl (C=O) groups is 1. The lowest BCUT2D eigenvalue weighted by atomic mass is 10.1. The van der Waals surface area contributed by atoms with Gasteiger partial charge in [-0.05, 0) is 6.92 Å². The minimum Gasteiger partial charge on any atom is -0.431 e. The van der Waals surface area contributed by atoms with E-state index in [0.29, 0.717) is 11.5 Å². The van der Waals surface area contributed by atoms with Crippen LogP contribution in [0, 0.1) is 0 Å². The summed E-state index contributed by atoms with van der Waals surface area (Å²) < 4.78 is 42.7. The SMILES string of the molecule is CC(Sc1nc(-c2ccccc2)c(-c2ccccc2)o1)C(=O)NCC(F)(F)F. The van der Waals surface area contributed by atoms with E-state index in [-0.39, 0.29) is 5.22 Å². The Labute approximate surface area is 164 Å². The number of aromatic nitrogens is 1. The Balaban J connectivity index is 1.84. The number of benzene rings is 2. The van der Waals surface area contributed by atoms with Crippen LogP contribution in [0.15, 0.2) is 70.3 Å². The average Bonchev–Trinajstić information content (AvgIpc) is 3.10. The number of rotatable bonds is 6. The van der Waals surface area contributed by atoms with E-state index in [1.165, 1.54) is 6.92 Å². The molecule has 8 heteroatoms. The molecule has 0 spiro atoms. The minimum absolute atomic E-state index is 0.215. The zero-order chi connectivity index (χ0) is 20.1. The number of oxazole rings is 1. The van der Waals surface area contributed by atoms with Crippen molar-refractivity contribution in [2.24, 2.45) is 0 Å². The third kappa shape index (κ3) is 5.16. The number of nitrogens with zero attached hydrogens (tertiary/aromatic N) is 1. The quantitative estimate of drug-likeness (QED) is 0.574.